The van der Waals surface area contributed by atoms with E-state index in [1.54, 1.807) is 0 Å². The van der Waals surface area contributed by atoms with Gasteiger partial charge in [0, 0.05) is 22.7 Å². The number of hydrogen-bond acceptors (Lipinski definition) is 6. The Balaban J connectivity index is 1.92. The maximum absolute atomic E-state index is 14.1. The molecule has 2 N–H and O–H groups in total. The minimum atomic E-state index is -5.09. The normalized spacial score (nSPS) is 14.1. The van der Waals surface area contributed by atoms with Crippen LogP contribution in [0.5, 0.6) is 0 Å². The van der Waals surface area contributed by atoms with Crippen molar-refractivity contribution in [1.82, 2.24) is 9.97 Å². The number of aliphatic hydroxyl groups is 1. The summed E-state index contributed by atoms with van der Waals surface area (Å²) in [7, 11) is 1.18. The number of esters is 1. The molecule has 0 radical (unpaired) electrons. The maximum Gasteiger partial charge on any atom is 0.422 e. The summed E-state index contributed by atoms with van der Waals surface area (Å²) in [5.41, 5.74) is -3.92. The number of carbonyl (C=O) groups excluding carboxylic acids is 2. The Morgan fingerprint density at radius 2 is 1.83 bits per heavy atom. The van der Waals surface area contributed by atoms with Crippen LogP contribution in [0.2, 0.25) is 10.2 Å². The second-order valence-electron chi connectivity index (χ2n) is 7.44. The molecule has 3 aromatic rings. The first kappa shape index (κ1) is 26.4. The van der Waals surface area contributed by atoms with E-state index >= 15 is 0 Å². The Morgan fingerprint density at radius 3 is 2.43 bits per heavy atom. The number of nitrogens with one attached hydrogen (secondary N) is 1. The summed E-state index contributed by atoms with van der Waals surface area (Å²) in [6.07, 6.45) is -4.04. The molecule has 2 atom stereocenters. The molecule has 2 aromatic heterocycles. The van der Waals surface area contributed by atoms with E-state index in [-0.39, 0.29) is 32.8 Å². The first-order chi connectivity index (χ1) is 16.4. The summed E-state index contributed by atoms with van der Waals surface area (Å²) < 4.78 is 46.9. The van der Waals surface area contributed by atoms with Crippen molar-refractivity contribution < 1.29 is 32.6 Å². The van der Waals surface area contributed by atoms with Gasteiger partial charge in [-0.15, -0.1) is 0 Å². The Morgan fingerprint density at radius 1 is 1.11 bits per heavy atom. The zero-order chi connectivity index (χ0) is 26.0. The van der Waals surface area contributed by atoms with Gasteiger partial charge in [-0.3, -0.25) is 4.79 Å². The molecule has 7 nitrogen and oxygen atoms in total. The van der Waals surface area contributed by atoms with Crippen molar-refractivity contribution in [1.29, 1.82) is 0 Å². The molecule has 0 aliphatic rings. The van der Waals surface area contributed by atoms with E-state index in [1.165, 1.54) is 43.5 Å². The predicted molar refractivity (Wildman–Crippen MR) is 123 cm³/mol. The van der Waals surface area contributed by atoms with Crippen LogP contribution in [0.4, 0.5) is 19.0 Å². The molecule has 1 aromatic carbocycles. The van der Waals surface area contributed by atoms with Gasteiger partial charge in [0.1, 0.15) is 11.0 Å². The molecular weight excluding hydrogens is 510 g/mol. The molecule has 2 heterocycles. The number of methoxy groups -OCH3 is 1. The second kappa shape index (κ2) is 10.2. The van der Waals surface area contributed by atoms with Gasteiger partial charge in [0.05, 0.1) is 7.11 Å². The van der Waals surface area contributed by atoms with Crippen molar-refractivity contribution in [3.05, 3.63) is 87.3 Å². The van der Waals surface area contributed by atoms with Crippen LogP contribution in [0.1, 0.15) is 44.8 Å². The summed E-state index contributed by atoms with van der Waals surface area (Å²) in [5, 5.41) is 12.9. The summed E-state index contributed by atoms with van der Waals surface area (Å²) in [5.74, 6) is -2.90. The fourth-order valence-corrected chi connectivity index (χ4v) is 3.97. The van der Waals surface area contributed by atoms with Gasteiger partial charge < -0.3 is 15.2 Å². The van der Waals surface area contributed by atoms with E-state index in [2.05, 4.69) is 20.0 Å². The van der Waals surface area contributed by atoms with Crippen LogP contribution < -0.4 is 5.32 Å². The Kier molecular flexibility index (Phi) is 7.68. The van der Waals surface area contributed by atoms with Crippen molar-refractivity contribution >= 4 is 40.9 Å². The van der Waals surface area contributed by atoms with Gasteiger partial charge in [0.2, 0.25) is 0 Å². The van der Waals surface area contributed by atoms with Crippen LogP contribution in [0.25, 0.3) is 0 Å². The highest BCUT2D eigenvalue weighted by atomic mass is 35.5. The highest BCUT2D eigenvalue weighted by Crippen LogP contribution is 2.50. The minimum absolute atomic E-state index is 0.0127. The Hall–Kier alpha value is -3.21. The Labute approximate surface area is 207 Å². The summed E-state index contributed by atoms with van der Waals surface area (Å²) in [4.78, 5) is 31.9. The highest BCUT2D eigenvalue weighted by molar-refractivity contribution is 6.32. The van der Waals surface area contributed by atoms with Crippen LogP contribution >= 0.6 is 23.2 Å². The zero-order valence-electron chi connectivity index (χ0n) is 18.2. The fourth-order valence-electron chi connectivity index (χ4n) is 3.45. The maximum atomic E-state index is 14.1. The van der Waals surface area contributed by atoms with Crippen LogP contribution in [0.15, 0.2) is 54.7 Å². The number of rotatable bonds is 6. The van der Waals surface area contributed by atoms with Crippen molar-refractivity contribution in [3.8, 4) is 0 Å². The molecule has 0 aliphatic carbocycles. The van der Waals surface area contributed by atoms with Crippen molar-refractivity contribution in [2.45, 2.75) is 24.6 Å². The van der Waals surface area contributed by atoms with E-state index in [9.17, 15) is 27.9 Å². The van der Waals surface area contributed by atoms with E-state index < -0.39 is 35.1 Å². The SMILES string of the molecule is COC(=O)c1cccc(NC(=O)c2ccc(C(C)C(O)(c3ccnc(Cl)c3)C(F)(F)F)c(Cl)c2)n1. The smallest absolute Gasteiger partial charge is 0.422 e. The first-order valence-corrected chi connectivity index (χ1v) is 10.7. The van der Waals surface area contributed by atoms with E-state index in [0.717, 1.165) is 25.3 Å². The lowest BCUT2D eigenvalue weighted by Gasteiger charge is -2.37. The van der Waals surface area contributed by atoms with Crippen molar-refractivity contribution in [3.63, 3.8) is 0 Å². The third-order valence-corrected chi connectivity index (χ3v) is 5.87. The molecule has 0 spiro atoms. The van der Waals surface area contributed by atoms with Gasteiger partial charge in [0.15, 0.2) is 11.3 Å². The number of alkyl halides is 3. The third-order valence-electron chi connectivity index (χ3n) is 5.34. The largest absolute Gasteiger partial charge is 0.464 e. The molecule has 0 fully saturated rings. The summed E-state index contributed by atoms with van der Waals surface area (Å²) >= 11 is 12.0. The van der Waals surface area contributed by atoms with E-state index in [1.807, 2.05) is 0 Å². The lowest BCUT2D eigenvalue weighted by molar-refractivity contribution is -0.274. The average Bonchev–Trinajstić information content (AvgIpc) is 2.81. The number of aromatic nitrogens is 2. The van der Waals surface area contributed by atoms with Crippen LogP contribution in [-0.4, -0.2) is 40.2 Å². The number of ether oxygens (including phenoxy) is 1. The summed E-state index contributed by atoms with van der Waals surface area (Å²) in [6, 6.07) is 9.90. The standard InChI is InChI=1S/C23H18Cl2F3N3O4/c1-12(22(34,23(26,27)28)14-8-9-29-18(25)11-14)15-7-6-13(10-16(15)24)20(32)31-19-5-3-4-17(30-19)21(33)35-2/h3-12,34H,1-2H3,(H,30,31,32). The quantitative estimate of drug-likeness (QED) is 0.329. The van der Waals surface area contributed by atoms with Crippen LogP contribution in [0, 0.1) is 0 Å². The molecule has 2 unspecified atom stereocenters. The zero-order valence-corrected chi connectivity index (χ0v) is 19.7. The van der Waals surface area contributed by atoms with Crippen molar-refractivity contribution in [2.24, 2.45) is 0 Å². The first-order valence-electron chi connectivity index (χ1n) is 9.95. The molecular formula is C23H18Cl2F3N3O4. The fraction of sp³-hybridized carbons (Fsp3) is 0.217. The number of halogens is 5. The van der Waals surface area contributed by atoms with Crippen LogP contribution in [0.3, 0.4) is 0 Å². The molecule has 0 saturated carbocycles. The molecule has 35 heavy (non-hydrogen) atoms. The number of benzene rings is 1. The van der Waals surface area contributed by atoms with Gasteiger partial charge >= 0.3 is 12.1 Å². The summed E-state index contributed by atoms with van der Waals surface area (Å²) in [6.45, 7) is 1.16. The number of pyridine rings is 2. The molecule has 184 valence electrons. The van der Waals surface area contributed by atoms with Gasteiger partial charge in [-0.25, -0.2) is 14.8 Å². The van der Waals surface area contributed by atoms with Crippen LogP contribution in [-0.2, 0) is 10.3 Å². The van der Waals surface area contributed by atoms with E-state index in [0.29, 0.717) is 0 Å². The molecule has 12 heteroatoms. The molecule has 0 saturated heterocycles. The monoisotopic (exact) mass is 527 g/mol. The average molecular weight is 528 g/mol. The van der Waals surface area contributed by atoms with Gasteiger partial charge in [-0.2, -0.15) is 13.2 Å². The number of hydrogen-bond donors (Lipinski definition) is 2. The van der Waals surface area contributed by atoms with Gasteiger partial charge in [-0.1, -0.05) is 42.3 Å². The predicted octanol–water partition coefficient (Wildman–Crippen LogP) is 5.38. The lowest BCUT2D eigenvalue weighted by atomic mass is 9.78. The highest BCUT2D eigenvalue weighted by Gasteiger charge is 2.59. The number of anilines is 1. The number of amides is 1. The minimum Gasteiger partial charge on any atom is -0.464 e. The molecule has 3 rings (SSSR count). The molecule has 0 bridgehead atoms. The molecule has 0 aliphatic heterocycles. The topological polar surface area (TPSA) is 101 Å². The second-order valence-corrected chi connectivity index (χ2v) is 8.24. The lowest BCUT2D eigenvalue weighted by Crippen LogP contribution is -2.46. The third kappa shape index (κ3) is 5.39. The van der Waals surface area contributed by atoms with E-state index in [4.69, 9.17) is 23.2 Å². The van der Waals surface area contributed by atoms with Gasteiger partial charge in [0.25, 0.3) is 5.91 Å². The van der Waals surface area contributed by atoms with Gasteiger partial charge in [-0.05, 0) is 47.5 Å². The molecule has 1 amide bonds. The Bertz CT molecular complexity index is 1270. The number of nitrogens with zero attached hydrogens (tertiary/aromatic N) is 2. The van der Waals surface area contributed by atoms with Crippen molar-refractivity contribution in [2.75, 3.05) is 12.4 Å². The number of carbonyl (C=O) groups is 2.